The van der Waals surface area contributed by atoms with Gasteiger partial charge < -0.3 is 14.9 Å². The molecule has 0 spiro atoms. The van der Waals surface area contributed by atoms with Crippen LogP contribution in [0.4, 0.5) is 0 Å². The van der Waals surface area contributed by atoms with Crippen LogP contribution in [-0.4, -0.2) is 28.3 Å². The van der Waals surface area contributed by atoms with Gasteiger partial charge >= 0.3 is 0 Å². The minimum atomic E-state index is -0.350. The van der Waals surface area contributed by atoms with E-state index in [1.54, 1.807) is 13.0 Å². The molecule has 2 atom stereocenters. The number of aromatic nitrogens is 1. The monoisotopic (exact) mass is 224 g/mol. The summed E-state index contributed by atoms with van der Waals surface area (Å²) in [5, 5.41) is 16.0. The molecular weight excluding hydrogens is 208 g/mol. The van der Waals surface area contributed by atoms with E-state index in [1.807, 2.05) is 13.8 Å². The first-order valence-electron chi connectivity index (χ1n) is 5.33. The predicted molar refractivity (Wildman–Crippen MR) is 56.9 cm³/mol. The van der Waals surface area contributed by atoms with E-state index in [-0.39, 0.29) is 29.2 Å². The average molecular weight is 224 g/mol. The molecule has 5 nitrogen and oxygen atoms in total. The number of rotatable bonds is 2. The normalized spacial score (nSPS) is 27.2. The highest BCUT2D eigenvalue weighted by Gasteiger charge is 2.48. The summed E-state index contributed by atoms with van der Waals surface area (Å²) in [6.07, 6.45) is 0.243. The van der Waals surface area contributed by atoms with Gasteiger partial charge in [0.1, 0.15) is 5.76 Å². The number of aryl methyl sites for hydroxylation is 1. The molecule has 1 aliphatic rings. The molecule has 0 aromatic carbocycles. The quantitative estimate of drug-likeness (QED) is 0.781. The Morgan fingerprint density at radius 2 is 2.38 bits per heavy atom. The number of aliphatic hydroxyl groups excluding tert-OH is 1. The maximum Gasteiger partial charge on any atom is 0.273 e. The van der Waals surface area contributed by atoms with Gasteiger partial charge in [-0.2, -0.15) is 0 Å². The zero-order chi connectivity index (χ0) is 11.9. The fourth-order valence-corrected chi connectivity index (χ4v) is 1.85. The Kier molecular flexibility index (Phi) is 2.50. The lowest BCUT2D eigenvalue weighted by molar-refractivity contribution is -0.0690. The van der Waals surface area contributed by atoms with Crippen LogP contribution in [0.3, 0.4) is 0 Å². The molecule has 1 aromatic rings. The molecule has 1 heterocycles. The lowest BCUT2D eigenvalue weighted by Crippen LogP contribution is -2.61. The van der Waals surface area contributed by atoms with Crippen molar-refractivity contribution in [1.29, 1.82) is 0 Å². The standard InChI is InChI=1S/C11H16N2O3/c1-6-4-7(13-16-6)10(15)12-8-5-9(14)11(8,2)3/h4,8-9,14H,5H2,1-3H3,(H,12,15). The lowest BCUT2D eigenvalue weighted by atomic mass is 9.64. The van der Waals surface area contributed by atoms with Crippen LogP contribution in [0.15, 0.2) is 10.6 Å². The van der Waals surface area contributed by atoms with Crippen LogP contribution in [0.1, 0.15) is 36.5 Å². The molecule has 0 bridgehead atoms. The first-order valence-corrected chi connectivity index (χ1v) is 5.33. The molecule has 1 fully saturated rings. The van der Waals surface area contributed by atoms with Crippen molar-refractivity contribution in [2.75, 3.05) is 0 Å². The van der Waals surface area contributed by atoms with Crippen molar-refractivity contribution >= 4 is 5.91 Å². The van der Waals surface area contributed by atoms with E-state index in [0.717, 1.165) is 0 Å². The van der Waals surface area contributed by atoms with Gasteiger partial charge in [0, 0.05) is 17.5 Å². The van der Waals surface area contributed by atoms with Crippen molar-refractivity contribution in [3.8, 4) is 0 Å². The van der Waals surface area contributed by atoms with Crippen molar-refractivity contribution in [3.63, 3.8) is 0 Å². The van der Waals surface area contributed by atoms with E-state index in [1.165, 1.54) is 0 Å². The maximum absolute atomic E-state index is 11.7. The molecule has 1 saturated carbocycles. The van der Waals surface area contributed by atoms with Crippen molar-refractivity contribution in [3.05, 3.63) is 17.5 Å². The number of aliphatic hydroxyl groups is 1. The molecule has 2 unspecified atom stereocenters. The fourth-order valence-electron chi connectivity index (χ4n) is 1.85. The summed E-state index contributed by atoms with van der Waals surface area (Å²) in [4.78, 5) is 11.7. The Hall–Kier alpha value is -1.36. The summed E-state index contributed by atoms with van der Waals surface area (Å²) in [6.45, 7) is 5.60. The van der Waals surface area contributed by atoms with Crippen LogP contribution in [0.5, 0.6) is 0 Å². The first-order chi connectivity index (χ1) is 7.41. The molecule has 0 aliphatic heterocycles. The van der Waals surface area contributed by atoms with Gasteiger partial charge in [0.25, 0.3) is 5.91 Å². The van der Waals surface area contributed by atoms with Crippen molar-refractivity contribution < 1.29 is 14.4 Å². The number of hydrogen-bond donors (Lipinski definition) is 2. The summed E-state index contributed by atoms with van der Waals surface area (Å²) in [7, 11) is 0. The summed E-state index contributed by atoms with van der Waals surface area (Å²) in [5.74, 6) is 0.361. The third kappa shape index (κ3) is 1.71. The van der Waals surface area contributed by atoms with Gasteiger partial charge in [0.05, 0.1) is 6.10 Å². The van der Waals surface area contributed by atoms with E-state index in [4.69, 9.17) is 4.52 Å². The molecule has 88 valence electrons. The molecule has 2 rings (SSSR count). The molecule has 0 radical (unpaired) electrons. The molecule has 1 aromatic heterocycles. The third-order valence-corrected chi connectivity index (χ3v) is 3.38. The van der Waals surface area contributed by atoms with Gasteiger partial charge in [0.2, 0.25) is 0 Å². The third-order valence-electron chi connectivity index (χ3n) is 3.38. The van der Waals surface area contributed by atoms with E-state index in [2.05, 4.69) is 10.5 Å². The van der Waals surface area contributed by atoms with Gasteiger partial charge in [-0.3, -0.25) is 4.79 Å². The predicted octanol–water partition coefficient (Wildman–Crippen LogP) is 0.872. The Morgan fingerprint density at radius 1 is 1.69 bits per heavy atom. The van der Waals surface area contributed by atoms with Crippen molar-refractivity contribution in [2.24, 2.45) is 5.41 Å². The van der Waals surface area contributed by atoms with Crippen LogP contribution in [0, 0.1) is 12.3 Å². The van der Waals surface area contributed by atoms with Crippen LogP contribution in [0.2, 0.25) is 0 Å². The van der Waals surface area contributed by atoms with E-state index < -0.39 is 0 Å². The van der Waals surface area contributed by atoms with Gasteiger partial charge in [-0.1, -0.05) is 19.0 Å². The number of hydrogen-bond acceptors (Lipinski definition) is 4. The molecule has 5 heteroatoms. The smallest absolute Gasteiger partial charge is 0.273 e. The van der Waals surface area contributed by atoms with Crippen LogP contribution < -0.4 is 5.32 Å². The first kappa shape index (κ1) is 11.1. The summed E-state index contributed by atoms with van der Waals surface area (Å²) in [6, 6.07) is 1.59. The molecule has 2 N–H and O–H groups in total. The maximum atomic E-state index is 11.7. The van der Waals surface area contributed by atoms with E-state index in [9.17, 15) is 9.90 Å². The van der Waals surface area contributed by atoms with E-state index >= 15 is 0 Å². The van der Waals surface area contributed by atoms with Crippen molar-refractivity contribution in [2.45, 2.75) is 39.3 Å². The summed E-state index contributed by atoms with van der Waals surface area (Å²) < 4.78 is 4.83. The highest BCUT2D eigenvalue weighted by atomic mass is 16.5. The highest BCUT2D eigenvalue weighted by molar-refractivity contribution is 5.92. The number of amides is 1. The van der Waals surface area contributed by atoms with Crippen molar-refractivity contribution in [1.82, 2.24) is 10.5 Å². The fraction of sp³-hybridized carbons (Fsp3) is 0.636. The minimum absolute atomic E-state index is 0.00740. The zero-order valence-corrected chi connectivity index (χ0v) is 9.65. The second-order valence-electron chi connectivity index (χ2n) is 4.92. The Bertz CT molecular complexity index is 411. The van der Waals surface area contributed by atoms with Gasteiger partial charge in [-0.05, 0) is 13.3 Å². The Labute approximate surface area is 93.8 Å². The van der Waals surface area contributed by atoms with E-state index in [0.29, 0.717) is 12.2 Å². The Balaban J connectivity index is 1.99. The molecule has 0 saturated heterocycles. The largest absolute Gasteiger partial charge is 0.392 e. The van der Waals surface area contributed by atoms with Gasteiger partial charge in [-0.25, -0.2) is 0 Å². The number of nitrogens with zero attached hydrogens (tertiary/aromatic N) is 1. The molecule has 1 amide bonds. The second-order valence-corrected chi connectivity index (χ2v) is 4.92. The second kappa shape index (κ2) is 3.59. The van der Waals surface area contributed by atoms with Gasteiger partial charge in [-0.15, -0.1) is 0 Å². The summed E-state index contributed by atoms with van der Waals surface area (Å²) >= 11 is 0. The SMILES string of the molecule is Cc1cc(C(=O)NC2CC(O)C2(C)C)no1. The Morgan fingerprint density at radius 3 is 2.81 bits per heavy atom. The molecule has 1 aliphatic carbocycles. The highest BCUT2D eigenvalue weighted by Crippen LogP contribution is 2.40. The summed E-state index contributed by atoms with van der Waals surface area (Å²) in [5.41, 5.74) is 0.0173. The lowest BCUT2D eigenvalue weighted by Gasteiger charge is -2.49. The van der Waals surface area contributed by atoms with Gasteiger partial charge in [0.15, 0.2) is 5.69 Å². The molecular formula is C11H16N2O3. The van der Waals surface area contributed by atoms with Crippen LogP contribution in [0.25, 0.3) is 0 Å². The average Bonchev–Trinajstić information content (AvgIpc) is 2.64. The van der Waals surface area contributed by atoms with Crippen LogP contribution >= 0.6 is 0 Å². The molecule has 16 heavy (non-hydrogen) atoms. The number of carbonyl (C=O) groups excluding carboxylic acids is 1. The number of carbonyl (C=O) groups is 1. The topological polar surface area (TPSA) is 75.4 Å². The van der Waals surface area contributed by atoms with Crippen LogP contribution in [-0.2, 0) is 0 Å². The minimum Gasteiger partial charge on any atom is -0.392 e. The zero-order valence-electron chi connectivity index (χ0n) is 9.65. The number of nitrogens with one attached hydrogen (secondary N) is 1.